The summed E-state index contributed by atoms with van der Waals surface area (Å²) in [6.07, 6.45) is 4.50. The molecule has 6 aromatic carbocycles. The van der Waals surface area contributed by atoms with Crippen LogP contribution in [0.2, 0.25) is 27.3 Å². The van der Waals surface area contributed by atoms with E-state index < -0.39 is 7.12 Å². The zero-order valence-corrected chi connectivity index (χ0v) is 56.4. The lowest BCUT2D eigenvalue weighted by Crippen LogP contribution is -2.27. The quantitative estimate of drug-likeness (QED) is 0.0994. The molecule has 0 saturated carbocycles. The summed E-state index contributed by atoms with van der Waals surface area (Å²) in [4.78, 5) is 34.2. The van der Waals surface area contributed by atoms with Crippen molar-refractivity contribution in [2.75, 3.05) is 0 Å². The van der Waals surface area contributed by atoms with Gasteiger partial charge in [-0.1, -0.05) is 63.7 Å². The standard InChI is InChI=1S/C16H14BNO2.2C15H13BN2O2.C14H12BN3O2.C14H11BN2O3/c1-11-8-13(18-3)4-7-16(11)20-14-5-6-15-12(9-14)10-19-17(15)2;1-10-6-15(18-8-14(10)17-3)20-12-4-5-13-11(7-12)9-19-16(13)2;1-10-3-4-11(8-17)15(18-10)20-13-5-6-14-12(7-13)9-19-16(14)2;1-9-13(16-3)7-17-14(18-9)20-11-4-5-12-10(6-11)8-19-15(12)2;1-9-5-11(16-2)7-17-14(9)20-12-3-4-13-10(6-12)8-19-15(13)18/h4-9H,10H2,1-2H3;4-8H,9H2,1-2H3;3-7H,9H2,1-2H3;4-7H,8H2,1-2H3;3-7,18H,8H2,1H3. The van der Waals surface area contributed by atoms with Crippen LogP contribution in [0.4, 0.5) is 22.7 Å². The van der Waals surface area contributed by atoms with E-state index in [-0.39, 0.29) is 33.7 Å². The molecule has 5 aliphatic heterocycles. The van der Waals surface area contributed by atoms with Gasteiger partial charge in [0.1, 0.15) is 46.1 Å². The number of rotatable bonds is 10. The monoisotopic (exact) mass is 1320 g/mol. The van der Waals surface area contributed by atoms with Crippen molar-refractivity contribution in [3.63, 3.8) is 0 Å². The predicted molar refractivity (Wildman–Crippen MR) is 384 cm³/mol. The minimum absolute atomic E-state index is 0.130. The van der Waals surface area contributed by atoms with E-state index in [2.05, 4.69) is 63.3 Å². The Hall–Kier alpha value is -11.6. The van der Waals surface area contributed by atoms with Crippen LogP contribution in [0.15, 0.2) is 152 Å². The Labute approximate surface area is 582 Å². The molecule has 0 aliphatic carbocycles. The Balaban J connectivity index is 0.000000126. The molecule has 26 heteroatoms. The minimum atomic E-state index is -0.850. The molecule has 5 aliphatic rings. The van der Waals surface area contributed by atoms with Gasteiger partial charge in [-0.05, 0) is 198 Å². The average Bonchev–Trinajstić information content (AvgIpc) is 1.60. The number of aromatic nitrogens is 5. The second-order valence-electron chi connectivity index (χ2n) is 23.9. The molecule has 0 bridgehead atoms. The number of aryl methyl sites for hydroxylation is 5. The maximum atomic E-state index is 9.56. The fourth-order valence-electron chi connectivity index (χ4n) is 11.3. The fraction of sp³-hybridized carbons (Fsp3) is 0.189. The van der Waals surface area contributed by atoms with Crippen molar-refractivity contribution in [3.05, 3.63) is 259 Å². The first kappa shape index (κ1) is 69.7. The third kappa shape index (κ3) is 16.8. The molecule has 0 spiro atoms. The Bertz CT molecular complexity index is 4730. The molecule has 0 saturated heterocycles. The lowest BCUT2D eigenvalue weighted by molar-refractivity contribution is 0.275. The molecular weight excluding hydrogens is 1260 g/mol. The molecule has 490 valence electrons. The second-order valence-corrected chi connectivity index (χ2v) is 23.9. The number of fused-ring (bicyclic) bond motifs is 5. The number of benzene rings is 6. The van der Waals surface area contributed by atoms with Gasteiger partial charge in [0.15, 0.2) is 5.69 Å². The average molecular weight is 1320 g/mol. The number of nitriles is 1. The summed E-state index contributed by atoms with van der Waals surface area (Å²) in [6, 6.07) is 43.8. The Morgan fingerprint density at radius 3 is 1.39 bits per heavy atom. The number of hydrogen-bond donors (Lipinski definition) is 1. The molecule has 4 aromatic heterocycles. The zero-order valence-electron chi connectivity index (χ0n) is 56.4. The molecule has 0 amide bonds. The predicted octanol–water partition coefficient (Wildman–Crippen LogP) is 13.6. The van der Waals surface area contributed by atoms with Gasteiger partial charge in [0.25, 0.3) is 0 Å². The van der Waals surface area contributed by atoms with Crippen molar-refractivity contribution in [1.82, 2.24) is 24.9 Å². The molecule has 0 unspecified atom stereocenters. The molecule has 9 heterocycles. The second kappa shape index (κ2) is 31.7. The van der Waals surface area contributed by atoms with Crippen molar-refractivity contribution in [3.8, 4) is 64.2 Å². The smallest absolute Gasteiger partial charge is 0.457 e. The van der Waals surface area contributed by atoms with Crippen LogP contribution in [0, 0.1) is 72.2 Å². The summed E-state index contributed by atoms with van der Waals surface area (Å²) < 4.78 is 56.2. The first-order valence-corrected chi connectivity index (χ1v) is 31.9. The first-order valence-electron chi connectivity index (χ1n) is 31.9. The normalized spacial score (nSPS) is 12.9. The van der Waals surface area contributed by atoms with Gasteiger partial charge in [-0.2, -0.15) is 5.26 Å². The summed E-state index contributed by atoms with van der Waals surface area (Å²) >= 11 is 0. The Morgan fingerprint density at radius 1 is 0.430 bits per heavy atom. The fourth-order valence-corrected chi connectivity index (χ4v) is 11.3. The van der Waals surface area contributed by atoms with Gasteiger partial charge >= 0.3 is 40.8 Å². The maximum absolute atomic E-state index is 9.56. The number of ether oxygens (including phenoxy) is 5. The van der Waals surface area contributed by atoms with Gasteiger partial charge < -0.3 is 52.0 Å². The van der Waals surface area contributed by atoms with E-state index in [1.54, 1.807) is 49.4 Å². The van der Waals surface area contributed by atoms with Crippen molar-refractivity contribution in [2.24, 2.45) is 0 Å². The van der Waals surface area contributed by atoms with Crippen molar-refractivity contribution >= 4 is 84.8 Å². The summed E-state index contributed by atoms with van der Waals surface area (Å²) in [7, 11) is -0.850. The van der Waals surface area contributed by atoms with Crippen LogP contribution in [0.25, 0.3) is 19.4 Å². The van der Waals surface area contributed by atoms with Crippen molar-refractivity contribution in [2.45, 2.75) is 94.9 Å². The number of pyridine rings is 3. The van der Waals surface area contributed by atoms with Crippen LogP contribution < -0.4 is 51.0 Å². The first-order chi connectivity index (χ1) is 48.3. The van der Waals surface area contributed by atoms with Gasteiger partial charge in [0.05, 0.1) is 65.0 Å². The highest BCUT2D eigenvalue weighted by Gasteiger charge is 2.29. The van der Waals surface area contributed by atoms with E-state index in [0.29, 0.717) is 102 Å². The number of nitrogens with zero attached hydrogens (tertiary/aromatic N) is 10. The molecule has 0 atom stereocenters. The van der Waals surface area contributed by atoms with Crippen LogP contribution >= 0.6 is 0 Å². The molecule has 15 rings (SSSR count). The van der Waals surface area contributed by atoms with E-state index in [1.165, 1.54) is 46.0 Å². The summed E-state index contributed by atoms with van der Waals surface area (Å²) in [6.45, 7) is 48.8. The van der Waals surface area contributed by atoms with Gasteiger partial charge in [0, 0.05) is 29.8 Å². The largest absolute Gasteiger partial charge is 0.491 e. The maximum Gasteiger partial charge on any atom is 0.491 e. The molecule has 21 nitrogen and oxygen atoms in total. The molecule has 100 heavy (non-hydrogen) atoms. The third-order valence-electron chi connectivity index (χ3n) is 16.8. The topological polar surface area (TPSA) is 218 Å². The summed E-state index contributed by atoms with van der Waals surface area (Å²) in [5, 5.41) is 18.6. The van der Waals surface area contributed by atoms with Crippen LogP contribution in [0.3, 0.4) is 0 Å². The van der Waals surface area contributed by atoms with Crippen LogP contribution in [0.1, 0.15) is 61.5 Å². The van der Waals surface area contributed by atoms with Gasteiger partial charge in [0.2, 0.25) is 34.7 Å². The molecular formula is C74H63B5N10O11. The van der Waals surface area contributed by atoms with Crippen LogP contribution in [-0.4, -0.2) is 64.7 Å². The minimum Gasteiger partial charge on any atom is -0.457 e. The summed E-state index contributed by atoms with van der Waals surface area (Å²) in [5.41, 5.74) is 17.7. The van der Waals surface area contributed by atoms with E-state index in [9.17, 15) is 5.02 Å². The molecule has 1 N–H and O–H groups in total. The molecule has 10 aromatic rings. The molecule has 0 fully saturated rings. The van der Waals surface area contributed by atoms with Gasteiger partial charge in [-0.3, -0.25) is 0 Å². The van der Waals surface area contributed by atoms with Crippen LogP contribution in [0.5, 0.6) is 58.1 Å². The lowest BCUT2D eigenvalue weighted by atomic mass is 9.64. The van der Waals surface area contributed by atoms with Crippen LogP contribution in [-0.2, 0) is 56.3 Å². The Morgan fingerprint density at radius 2 is 0.900 bits per heavy atom. The summed E-state index contributed by atoms with van der Waals surface area (Å²) in [5.74, 6) is 5.63. The number of hydrogen-bond acceptors (Lipinski definition) is 17. The third-order valence-corrected chi connectivity index (χ3v) is 16.8. The van der Waals surface area contributed by atoms with E-state index in [1.807, 2.05) is 133 Å². The van der Waals surface area contributed by atoms with Gasteiger partial charge in [-0.25, -0.2) is 44.3 Å². The SMILES string of the molecule is CB1OCc2cc(Oc3nc(C)ccc3C#N)ccc21.[C-]#[N+]c1ccc(Oc2ccc3c(c2)COB3C)c(C)c1.[C-]#[N+]c1cnc(Oc2ccc3c(c2)COB3C)cc1C.[C-]#[N+]c1cnc(Oc2ccc3c(c2)COB3C)nc1C.[C-]#[N+]c1cnc(Oc2ccc3c(c2)COB3O)c(C)c1. The highest BCUT2D eigenvalue weighted by Crippen LogP contribution is 2.33. The lowest BCUT2D eigenvalue weighted by Gasteiger charge is -2.10. The highest BCUT2D eigenvalue weighted by atomic mass is 16.5. The van der Waals surface area contributed by atoms with Crippen molar-refractivity contribution in [1.29, 1.82) is 5.26 Å². The Kier molecular flexibility index (Phi) is 22.1. The van der Waals surface area contributed by atoms with E-state index >= 15 is 0 Å². The van der Waals surface area contributed by atoms with E-state index in [4.69, 9.17) is 78.5 Å². The van der Waals surface area contributed by atoms with Crippen molar-refractivity contribution < 1.29 is 52.0 Å². The van der Waals surface area contributed by atoms with Gasteiger partial charge in [-0.15, -0.1) is 0 Å². The highest BCUT2D eigenvalue weighted by molar-refractivity contribution is 6.68. The molecule has 0 radical (unpaired) electrons. The van der Waals surface area contributed by atoms with E-state index in [0.717, 1.165) is 67.3 Å². The zero-order chi connectivity index (χ0) is 70.6.